The lowest BCUT2D eigenvalue weighted by Gasteiger charge is -2.22. The lowest BCUT2D eigenvalue weighted by atomic mass is 9.98. The van der Waals surface area contributed by atoms with E-state index in [1.54, 1.807) is 46.1 Å². The van der Waals surface area contributed by atoms with Crippen LogP contribution in [0.15, 0.2) is 12.3 Å². The monoisotopic (exact) mass is 706 g/mol. The zero-order chi connectivity index (χ0) is 33.9. The topological polar surface area (TPSA) is 174 Å². The minimum atomic E-state index is -4.48. The Morgan fingerprint density at radius 1 is 1.00 bits per heavy atom. The summed E-state index contributed by atoms with van der Waals surface area (Å²) < 4.78 is 68.5. The number of nitrogens with zero attached hydrogens (tertiary/aromatic N) is 3. The van der Waals surface area contributed by atoms with Crippen LogP contribution in [0, 0.1) is 10.8 Å². The van der Waals surface area contributed by atoms with Gasteiger partial charge >= 0.3 is 19.5 Å². The molecule has 0 bridgehead atoms. The van der Waals surface area contributed by atoms with Crippen molar-refractivity contribution in [3.05, 3.63) is 17.5 Å². The summed E-state index contributed by atoms with van der Waals surface area (Å²) in [6.45, 7) is 8.04. The van der Waals surface area contributed by atoms with Gasteiger partial charge in [-0.15, -0.1) is 0 Å². The van der Waals surface area contributed by atoms with Crippen molar-refractivity contribution in [1.82, 2.24) is 14.5 Å². The summed E-state index contributed by atoms with van der Waals surface area (Å²) in [4.78, 5) is 33.1. The third kappa shape index (κ3) is 9.86. The first-order chi connectivity index (χ1) is 21.4. The molecular weight excluding hydrogens is 663 g/mol. The lowest BCUT2D eigenvalue weighted by molar-refractivity contribution is -0.161. The zero-order valence-electron chi connectivity index (χ0n) is 27.1. The van der Waals surface area contributed by atoms with Gasteiger partial charge in [-0.25, -0.2) is 13.4 Å². The van der Waals surface area contributed by atoms with E-state index in [-0.39, 0.29) is 5.28 Å². The normalized spacial score (nSPS) is 19.9. The number of sulfone groups is 1. The second-order valence-corrected chi connectivity index (χ2v) is 18.7. The molecule has 0 amide bonds. The van der Waals surface area contributed by atoms with E-state index < -0.39 is 77.4 Å². The van der Waals surface area contributed by atoms with E-state index >= 15 is 0 Å². The Labute approximate surface area is 274 Å². The summed E-state index contributed by atoms with van der Waals surface area (Å²) in [7, 11) is -8.60. The van der Waals surface area contributed by atoms with Crippen molar-refractivity contribution in [3.8, 4) is 0 Å². The average Bonchev–Trinajstić information content (AvgIpc) is 3.68. The van der Waals surface area contributed by atoms with Crippen LogP contribution in [-0.4, -0.2) is 71.9 Å². The number of halogens is 1. The van der Waals surface area contributed by atoms with Gasteiger partial charge in [0.05, 0.1) is 28.1 Å². The van der Waals surface area contributed by atoms with Gasteiger partial charge in [0, 0.05) is 12.2 Å². The van der Waals surface area contributed by atoms with Gasteiger partial charge in [-0.05, 0) is 84.9 Å². The maximum absolute atomic E-state index is 13.6. The average molecular weight is 707 g/mol. The Hall–Kier alpha value is -2.29. The maximum Gasteiger partial charge on any atom is 0.351 e. The molecule has 4 rings (SSSR count). The van der Waals surface area contributed by atoms with Gasteiger partial charge in [0.15, 0.2) is 15.3 Å². The third-order valence-electron chi connectivity index (χ3n) is 7.53. The zero-order valence-corrected chi connectivity index (χ0v) is 29.6. The van der Waals surface area contributed by atoms with Crippen molar-refractivity contribution in [1.29, 1.82) is 0 Å². The third-order valence-corrected chi connectivity index (χ3v) is 12.4. The van der Waals surface area contributed by atoms with E-state index in [0.29, 0.717) is 30.3 Å². The summed E-state index contributed by atoms with van der Waals surface area (Å²) in [5, 5.41) is 4.34. The molecule has 2 atom stereocenters. The quantitative estimate of drug-likeness (QED) is 0.114. The number of hydrogen-bond donors (Lipinski definition) is 1. The number of fused-ring (bicyclic) bond motifs is 1. The van der Waals surface area contributed by atoms with E-state index in [4.69, 9.17) is 34.9 Å². The fourth-order valence-electron chi connectivity index (χ4n) is 5.07. The molecular formula is C29H44ClN4O10PS. The minimum absolute atomic E-state index is 0.0854. The first kappa shape index (κ1) is 36.5. The first-order valence-corrected chi connectivity index (χ1v) is 19.2. The minimum Gasteiger partial charge on any atom is -0.438 e. The molecule has 2 aliphatic rings. The van der Waals surface area contributed by atoms with Crippen molar-refractivity contribution in [2.24, 2.45) is 10.8 Å². The lowest BCUT2D eigenvalue weighted by Crippen LogP contribution is -2.27. The SMILES string of the molecule is CC(C)(C)C(=O)OCOP(=O)(CS(=O)(=O)C[C@@H]1CC[C@H](n2ccc3c(NC4CCCC4)nc(Cl)nc32)O1)OCOC(=O)C(C)(C)C. The smallest absolute Gasteiger partial charge is 0.351 e. The summed E-state index contributed by atoms with van der Waals surface area (Å²) >= 11 is 6.27. The summed E-state index contributed by atoms with van der Waals surface area (Å²) in [5.74, 6) is -1.14. The maximum atomic E-state index is 13.6. The van der Waals surface area contributed by atoms with E-state index in [0.717, 1.165) is 31.1 Å². The molecule has 258 valence electrons. The molecule has 2 fully saturated rings. The number of hydrogen-bond acceptors (Lipinski definition) is 13. The predicted octanol–water partition coefficient (Wildman–Crippen LogP) is 5.81. The standard InChI is InChI=1S/C29H44ClN4O10PS/c1-28(2,3)25(35)40-16-42-45(37,43-17-41-26(36)29(4,5)6)18-46(38,39)15-20-11-12-22(44-20)34-14-13-21-23(31-19-9-7-8-10-19)32-27(30)33-24(21)34/h13-14,19-20,22H,7-12,15-18H2,1-6H3,(H,31,32,33)/t20-,22+/m0/s1. The van der Waals surface area contributed by atoms with Gasteiger partial charge in [-0.3, -0.25) is 23.2 Å². The van der Waals surface area contributed by atoms with Crippen molar-refractivity contribution in [2.45, 2.75) is 98.4 Å². The van der Waals surface area contributed by atoms with Crippen LogP contribution in [0.25, 0.3) is 11.0 Å². The van der Waals surface area contributed by atoms with Gasteiger partial charge < -0.3 is 24.1 Å². The molecule has 1 saturated heterocycles. The highest BCUT2D eigenvalue weighted by molar-refractivity contribution is 7.97. The highest BCUT2D eigenvalue weighted by atomic mass is 35.5. The van der Waals surface area contributed by atoms with Crippen molar-refractivity contribution >= 4 is 57.8 Å². The Morgan fingerprint density at radius 3 is 2.15 bits per heavy atom. The largest absolute Gasteiger partial charge is 0.438 e. The molecule has 0 spiro atoms. The highest BCUT2D eigenvalue weighted by Gasteiger charge is 2.38. The highest BCUT2D eigenvalue weighted by Crippen LogP contribution is 2.50. The van der Waals surface area contributed by atoms with E-state index in [2.05, 4.69) is 15.3 Å². The van der Waals surface area contributed by atoms with Crippen molar-refractivity contribution in [2.75, 3.05) is 30.1 Å². The summed E-state index contributed by atoms with van der Waals surface area (Å²) in [5.41, 5.74) is -2.24. The molecule has 0 radical (unpaired) electrons. The van der Waals surface area contributed by atoms with Crippen molar-refractivity contribution < 1.29 is 45.8 Å². The Balaban J connectivity index is 1.42. The molecule has 17 heteroatoms. The predicted molar refractivity (Wildman–Crippen MR) is 171 cm³/mol. The Morgan fingerprint density at radius 2 is 1.59 bits per heavy atom. The molecule has 1 aliphatic carbocycles. The summed E-state index contributed by atoms with van der Waals surface area (Å²) in [6, 6.07) is 2.19. The van der Waals surface area contributed by atoms with Gasteiger partial charge in [-0.1, -0.05) is 12.8 Å². The van der Waals surface area contributed by atoms with Crippen LogP contribution in [0.1, 0.15) is 86.3 Å². The van der Waals surface area contributed by atoms with Crippen LogP contribution in [0.5, 0.6) is 0 Å². The van der Waals surface area contributed by atoms with Gasteiger partial charge in [0.1, 0.15) is 17.7 Å². The molecule has 0 aromatic carbocycles. The molecule has 1 saturated carbocycles. The van der Waals surface area contributed by atoms with E-state index in [1.165, 1.54) is 0 Å². The van der Waals surface area contributed by atoms with Crippen LogP contribution in [0.3, 0.4) is 0 Å². The molecule has 2 aromatic rings. The fourth-order valence-corrected chi connectivity index (χ4v) is 9.49. The van der Waals surface area contributed by atoms with E-state index in [1.807, 2.05) is 12.3 Å². The fraction of sp³-hybridized carbons (Fsp3) is 0.724. The van der Waals surface area contributed by atoms with E-state index in [9.17, 15) is 22.6 Å². The van der Waals surface area contributed by atoms with Crippen LogP contribution < -0.4 is 5.32 Å². The van der Waals surface area contributed by atoms with Gasteiger partial charge in [-0.2, -0.15) is 4.98 Å². The Kier molecular flexibility index (Phi) is 11.5. The number of rotatable bonds is 13. The molecule has 2 aromatic heterocycles. The number of anilines is 1. The number of esters is 2. The number of carbonyl (C=O) groups excluding carboxylic acids is 2. The van der Waals surface area contributed by atoms with Crippen LogP contribution >= 0.6 is 19.2 Å². The Bertz CT molecular complexity index is 1530. The molecule has 3 heterocycles. The summed E-state index contributed by atoms with van der Waals surface area (Å²) in [6.07, 6.45) is 5.87. The van der Waals surface area contributed by atoms with Gasteiger partial charge in [0.25, 0.3) is 0 Å². The number of ether oxygens (including phenoxy) is 3. The number of aromatic nitrogens is 3. The first-order valence-electron chi connectivity index (χ1n) is 15.2. The van der Waals surface area contributed by atoms with Gasteiger partial charge in [0.2, 0.25) is 18.9 Å². The molecule has 14 nitrogen and oxygen atoms in total. The molecule has 0 unspecified atom stereocenters. The number of nitrogens with one attached hydrogen (secondary N) is 1. The van der Waals surface area contributed by atoms with Crippen LogP contribution in [-0.2, 0) is 47.2 Å². The molecule has 1 N–H and O–H groups in total. The molecule has 46 heavy (non-hydrogen) atoms. The van der Waals surface area contributed by atoms with Crippen LogP contribution in [0.2, 0.25) is 5.28 Å². The van der Waals surface area contributed by atoms with Crippen LogP contribution in [0.4, 0.5) is 5.82 Å². The second kappa shape index (κ2) is 14.4. The number of carbonyl (C=O) groups is 2. The second-order valence-electron chi connectivity index (χ2n) is 13.7. The van der Waals surface area contributed by atoms with Crippen molar-refractivity contribution in [3.63, 3.8) is 0 Å². The molecule has 1 aliphatic heterocycles.